The van der Waals surface area contributed by atoms with Gasteiger partial charge in [-0.2, -0.15) is 0 Å². The second-order valence-corrected chi connectivity index (χ2v) is 5.94. The van der Waals surface area contributed by atoms with Crippen LogP contribution in [0.4, 0.5) is 11.4 Å². The van der Waals surface area contributed by atoms with E-state index in [0.29, 0.717) is 34.5 Å². The molecule has 3 rings (SSSR count). The Hall–Kier alpha value is -2.20. The highest BCUT2D eigenvalue weighted by Gasteiger charge is 2.23. The Morgan fingerprint density at radius 1 is 1.17 bits per heavy atom. The lowest BCUT2D eigenvalue weighted by molar-refractivity contribution is 0.0602. The van der Waals surface area contributed by atoms with Crippen molar-refractivity contribution >= 4 is 28.9 Å². The van der Waals surface area contributed by atoms with E-state index in [9.17, 15) is 4.79 Å². The van der Waals surface area contributed by atoms with Gasteiger partial charge in [-0.1, -0.05) is 29.8 Å². The van der Waals surface area contributed by atoms with Crippen LogP contribution in [0.1, 0.15) is 23.2 Å². The first-order chi connectivity index (χ1) is 11.2. The summed E-state index contributed by atoms with van der Waals surface area (Å²) in [5, 5.41) is 3.78. The van der Waals surface area contributed by atoms with Crippen LogP contribution in [-0.2, 0) is 4.74 Å². The summed E-state index contributed by atoms with van der Waals surface area (Å²) in [6.07, 6.45) is 2.41. The number of carbonyl (C=O) groups excluding carboxylic acids is 1. The van der Waals surface area contributed by atoms with Crippen LogP contribution >= 0.6 is 11.6 Å². The fraction of sp³-hybridized carbons (Fsp3) is 0.278. The molecule has 0 saturated heterocycles. The van der Waals surface area contributed by atoms with Crippen LogP contribution in [0.15, 0.2) is 42.5 Å². The van der Waals surface area contributed by atoms with Gasteiger partial charge >= 0.3 is 5.97 Å². The molecule has 1 fully saturated rings. The van der Waals surface area contributed by atoms with Crippen molar-refractivity contribution in [1.82, 2.24) is 0 Å². The second-order valence-electron chi connectivity index (χ2n) is 5.53. The maximum absolute atomic E-state index is 11.9. The smallest absolute Gasteiger partial charge is 0.339 e. The number of anilines is 2. The first-order valence-electron chi connectivity index (χ1n) is 7.54. The third-order valence-corrected chi connectivity index (χ3v) is 4.03. The van der Waals surface area contributed by atoms with Crippen molar-refractivity contribution in [2.24, 2.45) is 5.92 Å². The third-order valence-electron chi connectivity index (χ3n) is 3.73. The summed E-state index contributed by atoms with van der Waals surface area (Å²) in [4.78, 5) is 11.9. The molecule has 5 heteroatoms. The fourth-order valence-corrected chi connectivity index (χ4v) is 2.49. The van der Waals surface area contributed by atoms with Gasteiger partial charge in [0.25, 0.3) is 0 Å². The van der Waals surface area contributed by atoms with Crippen LogP contribution in [0.2, 0.25) is 5.02 Å². The van der Waals surface area contributed by atoms with Crippen LogP contribution in [-0.4, -0.2) is 19.7 Å². The maximum atomic E-state index is 11.9. The lowest BCUT2D eigenvalue weighted by atomic mass is 10.1. The van der Waals surface area contributed by atoms with Crippen LogP contribution in [0.3, 0.4) is 0 Å². The van der Waals surface area contributed by atoms with Crippen molar-refractivity contribution in [3.63, 3.8) is 0 Å². The van der Waals surface area contributed by atoms with Gasteiger partial charge in [-0.05, 0) is 43.0 Å². The number of esters is 1. The number of ether oxygens (including phenoxy) is 2. The molecule has 1 aliphatic carbocycles. The summed E-state index contributed by atoms with van der Waals surface area (Å²) in [7, 11) is 1.36. The van der Waals surface area contributed by atoms with E-state index in [1.165, 1.54) is 20.0 Å². The molecule has 23 heavy (non-hydrogen) atoms. The zero-order valence-corrected chi connectivity index (χ0v) is 13.6. The summed E-state index contributed by atoms with van der Waals surface area (Å²) < 4.78 is 10.7. The number of halogens is 1. The molecule has 2 aromatic carbocycles. The number of hydrogen-bond donors (Lipinski definition) is 1. The lowest BCUT2D eigenvalue weighted by Gasteiger charge is -2.16. The highest BCUT2D eigenvalue weighted by molar-refractivity contribution is 6.32. The minimum absolute atomic E-state index is 0.393. The number of benzene rings is 2. The highest BCUT2D eigenvalue weighted by atomic mass is 35.5. The minimum Gasteiger partial charge on any atom is -0.490 e. The first-order valence-corrected chi connectivity index (χ1v) is 7.92. The molecule has 1 N–H and O–H groups in total. The van der Waals surface area contributed by atoms with Crippen molar-refractivity contribution in [2.45, 2.75) is 12.8 Å². The Balaban J connectivity index is 1.87. The molecule has 0 aliphatic heterocycles. The molecule has 2 aromatic rings. The molecule has 120 valence electrons. The Labute approximate surface area is 140 Å². The minimum atomic E-state index is -0.393. The summed E-state index contributed by atoms with van der Waals surface area (Å²) in [6.45, 7) is 0.664. The molecule has 0 heterocycles. The van der Waals surface area contributed by atoms with Gasteiger partial charge in [-0.15, -0.1) is 0 Å². The van der Waals surface area contributed by atoms with Crippen molar-refractivity contribution < 1.29 is 14.3 Å². The molecule has 4 nitrogen and oxygen atoms in total. The van der Waals surface area contributed by atoms with Gasteiger partial charge in [0.1, 0.15) is 0 Å². The molecule has 0 amide bonds. The van der Waals surface area contributed by atoms with Crippen molar-refractivity contribution in [2.75, 3.05) is 19.0 Å². The van der Waals surface area contributed by atoms with Crippen molar-refractivity contribution in [3.05, 3.63) is 53.1 Å². The Morgan fingerprint density at radius 2 is 1.91 bits per heavy atom. The lowest BCUT2D eigenvalue weighted by Crippen LogP contribution is -2.07. The highest BCUT2D eigenvalue weighted by Crippen LogP contribution is 2.38. The normalized spacial score (nSPS) is 13.5. The molecular weight excluding hydrogens is 314 g/mol. The largest absolute Gasteiger partial charge is 0.490 e. The number of para-hydroxylation sites is 2. The molecule has 0 spiro atoms. The molecular formula is C18H18ClNO3. The predicted octanol–water partition coefficient (Wildman–Crippen LogP) is 4.66. The maximum Gasteiger partial charge on any atom is 0.339 e. The number of methoxy groups -OCH3 is 1. The van der Waals surface area contributed by atoms with Gasteiger partial charge in [0.2, 0.25) is 0 Å². The van der Waals surface area contributed by atoms with E-state index in [4.69, 9.17) is 21.1 Å². The number of rotatable bonds is 6. The number of nitrogens with one attached hydrogen (secondary N) is 1. The van der Waals surface area contributed by atoms with Gasteiger partial charge < -0.3 is 14.8 Å². The third kappa shape index (κ3) is 3.77. The van der Waals surface area contributed by atoms with Crippen molar-refractivity contribution in [3.8, 4) is 5.75 Å². The average Bonchev–Trinajstić information content (AvgIpc) is 3.38. The molecule has 1 saturated carbocycles. The van der Waals surface area contributed by atoms with E-state index < -0.39 is 5.97 Å². The quantitative estimate of drug-likeness (QED) is 0.782. The zero-order chi connectivity index (χ0) is 16.2. The first kappa shape index (κ1) is 15.7. The molecule has 0 atom stereocenters. The average molecular weight is 332 g/mol. The molecule has 1 aliphatic rings. The van der Waals surface area contributed by atoms with Gasteiger partial charge in [0, 0.05) is 0 Å². The van der Waals surface area contributed by atoms with E-state index in [-0.39, 0.29) is 0 Å². The summed E-state index contributed by atoms with van der Waals surface area (Å²) in [6, 6.07) is 12.7. The summed E-state index contributed by atoms with van der Waals surface area (Å²) in [5.41, 5.74) is 1.84. The van der Waals surface area contributed by atoms with Gasteiger partial charge in [0.05, 0.1) is 35.7 Å². The van der Waals surface area contributed by atoms with E-state index in [1.54, 1.807) is 18.2 Å². The predicted molar refractivity (Wildman–Crippen MR) is 90.7 cm³/mol. The topological polar surface area (TPSA) is 47.6 Å². The Bertz CT molecular complexity index is 713. The second kappa shape index (κ2) is 6.92. The fourth-order valence-electron chi connectivity index (χ4n) is 2.26. The van der Waals surface area contributed by atoms with Crippen LogP contribution < -0.4 is 10.1 Å². The number of hydrogen-bond acceptors (Lipinski definition) is 4. The molecule has 0 bridgehead atoms. The van der Waals surface area contributed by atoms with Gasteiger partial charge in [0.15, 0.2) is 5.75 Å². The van der Waals surface area contributed by atoms with E-state index in [1.807, 2.05) is 24.3 Å². The SMILES string of the molecule is COC(=O)c1ccccc1Nc1cccc(Cl)c1OCC1CC1. The number of carbonyl (C=O) groups is 1. The van der Waals surface area contributed by atoms with Crippen LogP contribution in [0.25, 0.3) is 0 Å². The molecule has 0 unspecified atom stereocenters. The standard InChI is InChI=1S/C18H18ClNO3/c1-22-18(21)13-5-2-3-7-15(13)20-16-8-4-6-14(19)17(16)23-11-12-9-10-12/h2-8,12,20H,9-11H2,1H3. The monoisotopic (exact) mass is 331 g/mol. The molecule has 0 aromatic heterocycles. The zero-order valence-electron chi connectivity index (χ0n) is 12.8. The van der Waals surface area contributed by atoms with E-state index in [0.717, 1.165) is 5.69 Å². The Kier molecular flexibility index (Phi) is 4.72. The van der Waals surface area contributed by atoms with Gasteiger partial charge in [-0.25, -0.2) is 4.79 Å². The van der Waals surface area contributed by atoms with E-state index in [2.05, 4.69) is 5.32 Å². The van der Waals surface area contributed by atoms with Crippen LogP contribution in [0, 0.1) is 5.92 Å². The van der Waals surface area contributed by atoms with E-state index >= 15 is 0 Å². The summed E-state index contributed by atoms with van der Waals surface area (Å²) >= 11 is 6.27. The molecule has 0 radical (unpaired) electrons. The van der Waals surface area contributed by atoms with Crippen LogP contribution in [0.5, 0.6) is 5.75 Å². The van der Waals surface area contributed by atoms with Crippen molar-refractivity contribution in [1.29, 1.82) is 0 Å². The Morgan fingerprint density at radius 3 is 2.65 bits per heavy atom. The summed E-state index contributed by atoms with van der Waals surface area (Å²) in [5.74, 6) is 0.845. The van der Waals surface area contributed by atoms with Gasteiger partial charge in [-0.3, -0.25) is 0 Å².